The van der Waals surface area contributed by atoms with E-state index < -0.39 is 0 Å². The lowest BCUT2D eigenvalue weighted by molar-refractivity contribution is 0.634. The quantitative estimate of drug-likeness (QED) is 0.153. The highest BCUT2D eigenvalue weighted by Gasteiger charge is 2.27. The first kappa shape index (κ1) is 35.0. The molecular weight excluding hydrogens is 737 g/mol. The van der Waals surface area contributed by atoms with E-state index in [1.165, 1.54) is 65.5 Å². The van der Waals surface area contributed by atoms with E-state index in [1.54, 1.807) is 0 Å². The third-order valence-electron chi connectivity index (χ3n) is 12.4. The molecule has 284 valence electrons. The summed E-state index contributed by atoms with van der Waals surface area (Å²) >= 11 is 0. The Bertz CT molecular complexity index is 3600. The van der Waals surface area contributed by atoms with Gasteiger partial charge in [0.1, 0.15) is 11.3 Å². The molecule has 61 heavy (non-hydrogen) atoms. The van der Waals surface area contributed by atoms with E-state index in [-0.39, 0.29) is 0 Å². The normalized spacial score (nSPS) is 11.6. The first-order valence-corrected chi connectivity index (χ1v) is 21.0. The second-order valence-electron chi connectivity index (χ2n) is 15.9. The highest BCUT2D eigenvalue weighted by atomic mass is 16.3. The van der Waals surface area contributed by atoms with Crippen molar-refractivity contribution in [2.24, 2.45) is 0 Å². The lowest BCUT2D eigenvalue weighted by atomic mass is 9.84. The molecule has 0 radical (unpaired) electrons. The van der Waals surface area contributed by atoms with E-state index in [0.29, 0.717) is 0 Å². The molecule has 0 amide bonds. The van der Waals surface area contributed by atoms with Gasteiger partial charge in [0.25, 0.3) is 0 Å². The van der Waals surface area contributed by atoms with Crippen molar-refractivity contribution < 1.29 is 4.42 Å². The van der Waals surface area contributed by atoms with Crippen LogP contribution in [0.1, 0.15) is 0 Å². The van der Waals surface area contributed by atoms with Crippen molar-refractivity contribution in [3.05, 3.63) is 231 Å². The number of hydrogen-bond acceptors (Lipinski definition) is 1. The minimum atomic E-state index is 0.856. The van der Waals surface area contributed by atoms with E-state index in [4.69, 9.17) is 4.42 Å². The van der Waals surface area contributed by atoms with Crippen LogP contribution < -0.4 is 0 Å². The minimum Gasteiger partial charge on any atom is -0.455 e. The number of rotatable bonds is 6. The Labute approximate surface area is 354 Å². The van der Waals surface area contributed by atoms with Gasteiger partial charge in [0.05, 0.1) is 0 Å². The smallest absolute Gasteiger partial charge is 0.144 e. The van der Waals surface area contributed by atoms with E-state index in [0.717, 1.165) is 55.5 Å². The molecule has 12 aromatic rings. The number of hydrogen-bond donors (Lipinski definition) is 0. The lowest BCUT2D eigenvalue weighted by Crippen LogP contribution is -1.92. The van der Waals surface area contributed by atoms with Crippen LogP contribution in [0.5, 0.6) is 0 Å². The van der Waals surface area contributed by atoms with Crippen LogP contribution in [0.4, 0.5) is 0 Å². The fourth-order valence-corrected chi connectivity index (χ4v) is 9.79. The predicted octanol–water partition coefficient (Wildman–Crippen LogP) is 17.0. The molecule has 0 fully saturated rings. The van der Waals surface area contributed by atoms with Gasteiger partial charge >= 0.3 is 0 Å². The average molecular weight is 775 g/mol. The fourth-order valence-electron chi connectivity index (χ4n) is 9.79. The molecule has 0 saturated heterocycles. The molecule has 11 aromatic carbocycles. The zero-order valence-corrected chi connectivity index (χ0v) is 33.3. The summed E-state index contributed by atoms with van der Waals surface area (Å²) in [4.78, 5) is 0. The van der Waals surface area contributed by atoms with Crippen molar-refractivity contribution in [2.45, 2.75) is 0 Å². The van der Waals surface area contributed by atoms with Gasteiger partial charge in [0, 0.05) is 27.6 Å². The van der Waals surface area contributed by atoms with Crippen molar-refractivity contribution in [1.29, 1.82) is 0 Å². The summed E-state index contributed by atoms with van der Waals surface area (Å²) in [7, 11) is 0. The Hall–Kier alpha value is -8.00. The Morgan fingerprint density at radius 3 is 1.25 bits per heavy atom. The number of fused-ring (bicyclic) bond motifs is 6. The molecule has 0 unspecified atom stereocenters. The Morgan fingerprint density at radius 2 is 0.656 bits per heavy atom. The second-order valence-corrected chi connectivity index (χ2v) is 15.9. The Balaban J connectivity index is 1.24. The summed E-state index contributed by atoms with van der Waals surface area (Å²) < 4.78 is 7.58. The highest BCUT2D eigenvalue weighted by molar-refractivity contribution is 6.27. The van der Waals surface area contributed by atoms with Crippen molar-refractivity contribution in [3.8, 4) is 67.0 Å². The van der Waals surface area contributed by atoms with E-state index >= 15 is 0 Å². The van der Waals surface area contributed by atoms with Crippen LogP contribution in [0.25, 0.3) is 121 Å². The second kappa shape index (κ2) is 14.4. The zero-order valence-electron chi connectivity index (χ0n) is 33.3. The molecule has 12 rings (SSSR count). The van der Waals surface area contributed by atoms with E-state index in [1.807, 2.05) is 0 Å². The SMILES string of the molecule is c1ccc(-c2c3ccccc3c(-c3ccccc3)c3cc(-c4oc5c(-c6ccccc6)c(-c6ccc7ccccc7c6)c6ccccc6c5c4-c4ccccc4)ccc23)cc1. The van der Waals surface area contributed by atoms with Crippen molar-refractivity contribution in [3.63, 3.8) is 0 Å². The molecule has 0 spiro atoms. The van der Waals surface area contributed by atoms with Gasteiger partial charge in [0.2, 0.25) is 0 Å². The Kier molecular flexibility index (Phi) is 8.25. The van der Waals surface area contributed by atoms with Crippen molar-refractivity contribution in [2.75, 3.05) is 0 Å². The number of furan rings is 1. The van der Waals surface area contributed by atoms with Crippen LogP contribution in [0, 0.1) is 0 Å². The third-order valence-corrected chi connectivity index (χ3v) is 12.4. The molecule has 1 heterocycles. The van der Waals surface area contributed by atoms with E-state index in [2.05, 4.69) is 231 Å². The maximum absolute atomic E-state index is 7.58. The molecule has 0 atom stereocenters. The zero-order chi connectivity index (χ0) is 40.3. The van der Waals surface area contributed by atoms with Gasteiger partial charge in [-0.25, -0.2) is 0 Å². The monoisotopic (exact) mass is 774 g/mol. The molecule has 0 N–H and O–H groups in total. The molecule has 1 heteroatoms. The van der Waals surface area contributed by atoms with Crippen LogP contribution in [0.15, 0.2) is 235 Å². The summed E-state index contributed by atoms with van der Waals surface area (Å²) in [6.07, 6.45) is 0. The van der Waals surface area contributed by atoms with Crippen molar-refractivity contribution >= 4 is 54.1 Å². The van der Waals surface area contributed by atoms with Crippen LogP contribution in [0.3, 0.4) is 0 Å². The van der Waals surface area contributed by atoms with Gasteiger partial charge in [0.15, 0.2) is 0 Å². The minimum absolute atomic E-state index is 0.856. The fraction of sp³-hybridized carbons (Fsp3) is 0. The molecule has 0 saturated carbocycles. The summed E-state index contributed by atoms with van der Waals surface area (Å²) in [6.45, 7) is 0. The standard InChI is InChI=1S/C60H38O/c1-5-20-40(21-6-1)53-47-29-15-16-30-48(47)54(41-22-7-2-8-23-41)52-38-46(35-36-51(52)53)59-57(43-26-11-4-12-27-43)58-50-32-18-17-31-49(50)55(45-34-33-39-19-13-14-28-44(39)37-45)56(60(58)61-59)42-24-9-3-10-25-42/h1-38H. The number of benzene rings is 11. The molecule has 0 aliphatic heterocycles. The van der Waals surface area contributed by atoms with Crippen LogP contribution >= 0.6 is 0 Å². The first-order valence-electron chi connectivity index (χ1n) is 21.0. The molecule has 0 bridgehead atoms. The van der Waals surface area contributed by atoms with Gasteiger partial charge in [-0.2, -0.15) is 0 Å². The van der Waals surface area contributed by atoms with Gasteiger partial charge in [-0.3, -0.25) is 0 Å². The third kappa shape index (κ3) is 5.70. The van der Waals surface area contributed by atoms with Crippen LogP contribution in [-0.2, 0) is 0 Å². The Morgan fingerprint density at radius 1 is 0.230 bits per heavy atom. The summed E-state index contributed by atoms with van der Waals surface area (Å²) in [6, 6.07) is 83.5. The largest absolute Gasteiger partial charge is 0.455 e. The van der Waals surface area contributed by atoms with Crippen LogP contribution in [0.2, 0.25) is 0 Å². The van der Waals surface area contributed by atoms with Gasteiger partial charge in [-0.05, 0) is 94.2 Å². The maximum Gasteiger partial charge on any atom is 0.144 e. The molecule has 1 nitrogen and oxygen atoms in total. The molecular formula is C60H38O. The predicted molar refractivity (Wildman–Crippen MR) is 259 cm³/mol. The molecule has 1 aromatic heterocycles. The lowest BCUT2D eigenvalue weighted by Gasteiger charge is -2.18. The summed E-state index contributed by atoms with van der Waals surface area (Å²) in [5.41, 5.74) is 13.5. The van der Waals surface area contributed by atoms with Crippen LogP contribution in [-0.4, -0.2) is 0 Å². The topological polar surface area (TPSA) is 13.1 Å². The first-order chi connectivity index (χ1) is 30.3. The van der Waals surface area contributed by atoms with Crippen molar-refractivity contribution in [1.82, 2.24) is 0 Å². The van der Waals surface area contributed by atoms with E-state index in [9.17, 15) is 0 Å². The van der Waals surface area contributed by atoms with Gasteiger partial charge in [-0.15, -0.1) is 0 Å². The van der Waals surface area contributed by atoms with Gasteiger partial charge in [-0.1, -0.05) is 218 Å². The maximum atomic E-state index is 7.58. The average Bonchev–Trinajstić information content (AvgIpc) is 3.74. The van der Waals surface area contributed by atoms with Gasteiger partial charge < -0.3 is 4.42 Å². The molecule has 0 aliphatic rings. The summed E-state index contributed by atoms with van der Waals surface area (Å²) in [5.74, 6) is 0.856. The molecule has 0 aliphatic carbocycles. The highest BCUT2D eigenvalue weighted by Crippen LogP contribution is 2.53. The summed E-state index contributed by atoms with van der Waals surface area (Å²) in [5, 5.41) is 10.8.